The average molecular weight is 348 g/mol. The lowest BCUT2D eigenvalue weighted by atomic mass is 10.0. The second-order valence-electron chi connectivity index (χ2n) is 3.73. The molecule has 0 aliphatic rings. The molecular weight excluding hydrogens is 336 g/mol. The third-order valence-electron chi connectivity index (χ3n) is 2.37. The lowest BCUT2D eigenvalue weighted by molar-refractivity contribution is -0.142. The summed E-state index contributed by atoms with van der Waals surface area (Å²) in [6.07, 6.45) is -0.0703. The molecule has 0 amide bonds. The Hall–Kier alpha value is -1.68. The quantitative estimate of drug-likeness (QED) is 0.585. The maximum Gasteiger partial charge on any atom is 0.387 e. The van der Waals surface area contributed by atoms with Gasteiger partial charge in [-0.1, -0.05) is 22.0 Å². The summed E-state index contributed by atoms with van der Waals surface area (Å²) in [5.74, 6) is -0.709. The van der Waals surface area contributed by atoms with E-state index in [9.17, 15) is 13.6 Å². The topological polar surface area (TPSA) is 59.3 Å². The molecule has 0 fully saturated rings. The highest BCUT2D eigenvalue weighted by Gasteiger charge is 2.16. The Labute approximate surface area is 123 Å². The minimum atomic E-state index is -3.04. The summed E-state index contributed by atoms with van der Waals surface area (Å²) in [4.78, 5) is 11.4. The van der Waals surface area contributed by atoms with E-state index in [1.807, 2.05) is 6.07 Å². The van der Waals surface area contributed by atoms with E-state index in [-0.39, 0.29) is 29.7 Å². The van der Waals surface area contributed by atoms with Crippen molar-refractivity contribution in [1.82, 2.24) is 0 Å². The van der Waals surface area contributed by atoms with E-state index in [4.69, 9.17) is 10.00 Å². The number of benzene rings is 1. The van der Waals surface area contributed by atoms with Crippen LogP contribution in [0.2, 0.25) is 0 Å². The molecule has 0 heterocycles. The Morgan fingerprint density at radius 1 is 1.50 bits per heavy atom. The van der Waals surface area contributed by atoms with Crippen molar-refractivity contribution in [2.24, 2.45) is 0 Å². The van der Waals surface area contributed by atoms with Gasteiger partial charge in [-0.15, -0.1) is 0 Å². The van der Waals surface area contributed by atoms with Crippen molar-refractivity contribution in [1.29, 1.82) is 5.26 Å². The number of hydrogen-bond acceptors (Lipinski definition) is 4. The van der Waals surface area contributed by atoms with Crippen LogP contribution in [-0.4, -0.2) is 19.2 Å². The van der Waals surface area contributed by atoms with Crippen LogP contribution < -0.4 is 4.74 Å². The van der Waals surface area contributed by atoms with Crippen LogP contribution in [0.3, 0.4) is 0 Å². The van der Waals surface area contributed by atoms with Gasteiger partial charge in [0, 0.05) is 5.33 Å². The van der Waals surface area contributed by atoms with Crippen LogP contribution in [0.1, 0.15) is 23.6 Å². The summed E-state index contributed by atoms with van der Waals surface area (Å²) in [6, 6.07) is 4.67. The zero-order valence-electron chi connectivity index (χ0n) is 10.7. The minimum Gasteiger partial charge on any atom is -0.466 e. The molecule has 0 saturated heterocycles. The smallest absolute Gasteiger partial charge is 0.387 e. The Bertz CT molecular complexity index is 529. The first-order chi connectivity index (χ1) is 9.51. The van der Waals surface area contributed by atoms with E-state index in [2.05, 4.69) is 20.7 Å². The number of ether oxygens (including phenoxy) is 2. The first-order valence-corrected chi connectivity index (χ1v) is 6.86. The Kier molecular flexibility index (Phi) is 6.39. The van der Waals surface area contributed by atoms with Crippen molar-refractivity contribution in [2.75, 3.05) is 6.61 Å². The molecule has 108 valence electrons. The van der Waals surface area contributed by atoms with Gasteiger partial charge < -0.3 is 9.47 Å². The molecule has 0 radical (unpaired) electrons. The van der Waals surface area contributed by atoms with Crippen LogP contribution in [0.25, 0.3) is 0 Å². The van der Waals surface area contributed by atoms with E-state index < -0.39 is 12.6 Å². The van der Waals surface area contributed by atoms with Crippen molar-refractivity contribution in [3.8, 4) is 11.8 Å². The summed E-state index contributed by atoms with van der Waals surface area (Å²) in [5.41, 5.74) is 0.951. The Morgan fingerprint density at radius 2 is 2.20 bits per heavy atom. The molecule has 1 aromatic rings. The highest BCUT2D eigenvalue weighted by molar-refractivity contribution is 9.08. The molecule has 0 aromatic heterocycles. The first kappa shape index (κ1) is 16.4. The first-order valence-electron chi connectivity index (χ1n) is 5.74. The van der Waals surface area contributed by atoms with E-state index >= 15 is 0 Å². The van der Waals surface area contributed by atoms with Crippen molar-refractivity contribution in [3.05, 3.63) is 28.8 Å². The fourth-order valence-corrected chi connectivity index (χ4v) is 2.08. The van der Waals surface area contributed by atoms with Gasteiger partial charge in [-0.05, 0) is 24.1 Å². The zero-order valence-corrected chi connectivity index (χ0v) is 12.2. The van der Waals surface area contributed by atoms with Gasteiger partial charge in [0.05, 0.1) is 18.6 Å². The summed E-state index contributed by atoms with van der Waals surface area (Å²) in [5, 5.41) is 9.30. The minimum absolute atomic E-state index is 0.0229. The van der Waals surface area contributed by atoms with Crippen LogP contribution in [-0.2, 0) is 21.3 Å². The second-order valence-corrected chi connectivity index (χ2v) is 4.29. The molecule has 0 saturated carbocycles. The summed E-state index contributed by atoms with van der Waals surface area (Å²) in [7, 11) is 0. The van der Waals surface area contributed by atoms with Gasteiger partial charge in [0.15, 0.2) is 0 Å². The average Bonchev–Trinajstić information content (AvgIpc) is 2.37. The Morgan fingerprint density at radius 3 is 2.70 bits per heavy atom. The SMILES string of the molecule is CCOC(=O)Cc1cc(CBr)c(C#N)c(OC(F)F)c1. The van der Waals surface area contributed by atoms with Gasteiger partial charge in [0.1, 0.15) is 11.8 Å². The van der Waals surface area contributed by atoms with E-state index in [0.29, 0.717) is 11.1 Å². The third kappa shape index (κ3) is 4.46. The molecule has 20 heavy (non-hydrogen) atoms. The van der Waals surface area contributed by atoms with Crippen molar-refractivity contribution >= 4 is 21.9 Å². The highest BCUT2D eigenvalue weighted by atomic mass is 79.9. The van der Waals surface area contributed by atoms with Gasteiger partial charge in [0.25, 0.3) is 0 Å². The maximum atomic E-state index is 12.4. The lowest BCUT2D eigenvalue weighted by Crippen LogP contribution is -2.10. The number of nitriles is 1. The predicted molar refractivity (Wildman–Crippen MR) is 70.8 cm³/mol. The van der Waals surface area contributed by atoms with Crippen molar-refractivity contribution in [3.63, 3.8) is 0 Å². The molecule has 1 aromatic carbocycles. The number of hydrogen-bond donors (Lipinski definition) is 0. The maximum absolute atomic E-state index is 12.4. The number of nitrogens with zero attached hydrogens (tertiary/aromatic N) is 1. The fraction of sp³-hybridized carbons (Fsp3) is 0.385. The lowest BCUT2D eigenvalue weighted by Gasteiger charge is -2.12. The fourth-order valence-electron chi connectivity index (χ4n) is 1.64. The molecule has 0 spiro atoms. The van der Waals surface area contributed by atoms with E-state index in [1.165, 1.54) is 6.07 Å². The standard InChI is InChI=1S/C13H12BrF2NO3/c1-2-19-12(18)5-8-3-9(6-14)10(7-17)11(4-8)20-13(15)16/h3-4,13H,2,5-6H2,1H3. The van der Waals surface area contributed by atoms with E-state index in [0.717, 1.165) is 0 Å². The summed E-state index contributed by atoms with van der Waals surface area (Å²) < 4.78 is 33.8. The molecule has 0 atom stereocenters. The summed E-state index contributed by atoms with van der Waals surface area (Å²) in [6.45, 7) is -1.13. The van der Waals surface area contributed by atoms with Crippen LogP contribution >= 0.6 is 15.9 Å². The molecule has 0 bridgehead atoms. The van der Waals surface area contributed by atoms with Crippen LogP contribution in [0, 0.1) is 11.3 Å². The Balaban J connectivity index is 3.14. The molecule has 0 unspecified atom stereocenters. The highest BCUT2D eigenvalue weighted by Crippen LogP contribution is 2.27. The molecule has 0 N–H and O–H groups in total. The molecule has 7 heteroatoms. The number of esters is 1. The van der Waals surface area contributed by atoms with Gasteiger partial charge in [-0.25, -0.2) is 0 Å². The van der Waals surface area contributed by atoms with E-state index in [1.54, 1.807) is 13.0 Å². The monoisotopic (exact) mass is 347 g/mol. The van der Waals surface area contributed by atoms with Gasteiger partial charge in [-0.3, -0.25) is 4.79 Å². The molecular formula is C13H12BrF2NO3. The van der Waals surface area contributed by atoms with Crippen LogP contribution in [0.15, 0.2) is 12.1 Å². The normalized spacial score (nSPS) is 10.2. The molecule has 4 nitrogen and oxygen atoms in total. The number of rotatable bonds is 6. The molecule has 0 aliphatic carbocycles. The predicted octanol–water partition coefficient (Wildman–Crippen LogP) is 3.16. The van der Waals surface area contributed by atoms with Crippen molar-refractivity contribution < 1.29 is 23.0 Å². The van der Waals surface area contributed by atoms with Gasteiger partial charge in [-0.2, -0.15) is 14.0 Å². The van der Waals surface area contributed by atoms with Crippen LogP contribution in [0.5, 0.6) is 5.75 Å². The number of halogens is 3. The number of carbonyl (C=O) groups is 1. The largest absolute Gasteiger partial charge is 0.466 e. The van der Waals surface area contributed by atoms with Crippen LogP contribution in [0.4, 0.5) is 8.78 Å². The second kappa shape index (κ2) is 7.80. The third-order valence-corrected chi connectivity index (χ3v) is 2.97. The number of alkyl halides is 3. The molecule has 1 rings (SSSR count). The summed E-state index contributed by atoms with van der Waals surface area (Å²) >= 11 is 3.17. The van der Waals surface area contributed by atoms with Crippen molar-refractivity contribution in [2.45, 2.75) is 25.3 Å². The molecule has 0 aliphatic heterocycles. The zero-order chi connectivity index (χ0) is 15.1. The van der Waals surface area contributed by atoms with Gasteiger partial charge >= 0.3 is 12.6 Å². The number of carbonyl (C=O) groups excluding carboxylic acids is 1. The van der Waals surface area contributed by atoms with Gasteiger partial charge in [0.2, 0.25) is 0 Å².